The Kier molecular flexibility index (Phi) is 3.56. The first-order chi connectivity index (χ1) is 9.99. The first kappa shape index (κ1) is 14.6. The third-order valence-electron chi connectivity index (χ3n) is 5.46. The van der Waals surface area contributed by atoms with Gasteiger partial charge in [0.15, 0.2) is 0 Å². The van der Waals surface area contributed by atoms with Crippen molar-refractivity contribution in [3.05, 3.63) is 18.0 Å². The van der Waals surface area contributed by atoms with Crippen molar-refractivity contribution in [3.8, 4) is 0 Å². The Labute approximate surface area is 126 Å². The van der Waals surface area contributed by atoms with E-state index in [2.05, 4.69) is 18.9 Å². The van der Waals surface area contributed by atoms with Gasteiger partial charge in [0.05, 0.1) is 6.10 Å². The molecular weight excluding hydrogens is 266 g/mol. The van der Waals surface area contributed by atoms with Crippen LogP contribution in [0, 0.1) is 5.41 Å². The van der Waals surface area contributed by atoms with Crippen LogP contribution in [-0.4, -0.2) is 46.9 Å². The number of aromatic nitrogens is 2. The standard InChI is InChI=1S/C16H25N3O2/c1-11(2)19-9-6-12(17-19)15(20)18(3)13-10-14(21-4)16(13)7-5-8-16/h6,9,11,13-14H,5,7-8,10H2,1-4H3/t13-,14+/m0/s1. The summed E-state index contributed by atoms with van der Waals surface area (Å²) in [4.78, 5) is 14.5. The molecule has 1 aromatic rings. The lowest BCUT2D eigenvalue weighted by Crippen LogP contribution is -2.67. The molecule has 1 aromatic heterocycles. The zero-order chi connectivity index (χ0) is 15.2. The fourth-order valence-electron chi connectivity index (χ4n) is 3.90. The number of rotatable bonds is 4. The molecule has 2 aliphatic rings. The summed E-state index contributed by atoms with van der Waals surface area (Å²) in [5.41, 5.74) is 0.751. The van der Waals surface area contributed by atoms with Crippen LogP contribution in [-0.2, 0) is 4.74 Å². The lowest BCUT2D eigenvalue weighted by molar-refractivity contribution is -0.182. The predicted molar refractivity (Wildman–Crippen MR) is 80.2 cm³/mol. The Balaban J connectivity index is 1.73. The topological polar surface area (TPSA) is 47.4 Å². The Morgan fingerprint density at radius 3 is 2.71 bits per heavy atom. The second kappa shape index (κ2) is 5.13. The molecule has 0 saturated heterocycles. The molecule has 0 bridgehead atoms. The summed E-state index contributed by atoms with van der Waals surface area (Å²) in [6.07, 6.45) is 6.75. The van der Waals surface area contributed by atoms with Crippen LogP contribution < -0.4 is 0 Å². The average molecular weight is 291 g/mol. The number of ether oxygens (including phenoxy) is 1. The lowest BCUT2D eigenvalue weighted by atomic mass is 9.50. The Morgan fingerprint density at radius 1 is 1.52 bits per heavy atom. The molecule has 1 spiro atoms. The van der Waals surface area contributed by atoms with Gasteiger partial charge in [0, 0.05) is 37.9 Å². The van der Waals surface area contributed by atoms with Gasteiger partial charge in [-0.25, -0.2) is 0 Å². The van der Waals surface area contributed by atoms with E-state index in [1.54, 1.807) is 7.11 Å². The molecule has 2 saturated carbocycles. The van der Waals surface area contributed by atoms with Crippen LogP contribution in [0.3, 0.4) is 0 Å². The van der Waals surface area contributed by atoms with Crippen molar-refractivity contribution in [1.29, 1.82) is 0 Å². The van der Waals surface area contributed by atoms with Crippen molar-refractivity contribution >= 4 is 5.91 Å². The van der Waals surface area contributed by atoms with E-state index in [1.165, 1.54) is 19.3 Å². The second-order valence-electron chi connectivity index (χ2n) is 6.75. The third kappa shape index (κ3) is 2.09. The molecule has 0 N–H and O–H groups in total. The molecule has 2 atom stereocenters. The van der Waals surface area contributed by atoms with Gasteiger partial charge < -0.3 is 9.64 Å². The number of amides is 1. The summed E-state index contributed by atoms with van der Waals surface area (Å²) >= 11 is 0. The van der Waals surface area contributed by atoms with Crippen LogP contribution in [0.5, 0.6) is 0 Å². The highest BCUT2D eigenvalue weighted by atomic mass is 16.5. The molecule has 21 heavy (non-hydrogen) atoms. The summed E-state index contributed by atoms with van der Waals surface area (Å²) in [7, 11) is 3.69. The monoisotopic (exact) mass is 291 g/mol. The summed E-state index contributed by atoms with van der Waals surface area (Å²) in [6, 6.07) is 2.39. The van der Waals surface area contributed by atoms with E-state index in [-0.39, 0.29) is 17.4 Å². The molecule has 0 aliphatic heterocycles. The zero-order valence-electron chi connectivity index (χ0n) is 13.4. The Hall–Kier alpha value is -1.36. The molecule has 0 unspecified atom stereocenters. The minimum absolute atomic E-state index is 0.0280. The number of methoxy groups -OCH3 is 1. The lowest BCUT2D eigenvalue weighted by Gasteiger charge is -2.62. The molecule has 0 aromatic carbocycles. The Morgan fingerprint density at radius 2 is 2.24 bits per heavy atom. The van der Waals surface area contributed by atoms with Crippen molar-refractivity contribution in [3.63, 3.8) is 0 Å². The number of hydrogen-bond donors (Lipinski definition) is 0. The molecule has 5 nitrogen and oxygen atoms in total. The average Bonchev–Trinajstić information content (AvgIpc) is 2.84. The van der Waals surface area contributed by atoms with E-state index in [0.717, 1.165) is 6.42 Å². The summed E-state index contributed by atoms with van der Waals surface area (Å²) in [6.45, 7) is 4.12. The fraction of sp³-hybridized carbons (Fsp3) is 0.750. The third-order valence-corrected chi connectivity index (χ3v) is 5.46. The van der Waals surface area contributed by atoms with Crippen LogP contribution >= 0.6 is 0 Å². The molecule has 1 heterocycles. The summed E-state index contributed by atoms with van der Waals surface area (Å²) < 4.78 is 7.42. The minimum Gasteiger partial charge on any atom is -0.381 e. The van der Waals surface area contributed by atoms with E-state index in [1.807, 2.05) is 28.9 Å². The van der Waals surface area contributed by atoms with Gasteiger partial charge in [-0.15, -0.1) is 0 Å². The van der Waals surface area contributed by atoms with Crippen LogP contribution in [0.25, 0.3) is 0 Å². The van der Waals surface area contributed by atoms with Crippen molar-refractivity contribution < 1.29 is 9.53 Å². The van der Waals surface area contributed by atoms with Gasteiger partial charge in [0.1, 0.15) is 5.69 Å². The van der Waals surface area contributed by atoms with Crippen LogP contribution in [0.1, 0.15) is 56.1 Å². The van der Waals surface area contributed by atoms with Gasteiger partial charge in [-0.3, -0.25) is 9.48 Å². The first-order valence-electron chi connectivity index (χ1n) is 7.84. The van der Waals surface area contributed by atoms with E-state index < -0.39 is 0 Å². The molecule has 2 fully saturated rings. The highest BCUT2D eigenvalue weighted by Crippen LogP contribution is 2.58. The smallest absolute Gasteiger partial charge is 0.274 e. The maximum atomic E-state index is 12.6. The number of hydrogen-bond acceptors (Lipinski definition) is 3. The first-order valence-corrected chi connectivity index (χ1v) is 7.84. The number of carbonyl (C=O) groups excluding carboxylic acids is 1. The highest BCUT2D eigenvalue weighted by Gasteiger charge is 2.60. The van der Waals surface area contributed by atoms with Crippen molar-refractivity contribution in [2.45, 2.75) is 57.7 Å². The molecule has 0 radical (unpaired) electrons. The molecule has 1 amide bonds. The summed E-state index contributed by atoms with van der Waals surface area (Å²) in [5.74, 6) is 0.0280. The SMILES string of the molecule is CO[C@@H]1C[C@H](N(C)C(=O)c2ccn(C(C)C)n2)C12CCC2. The molecule has 2 aliphatic carbocycles. The maximum absolute atomic E-state index is 12.6. The normalized spacial score (nSPS) is 26.5. The second-order valence-corrected chi connectivity index (χ2v) is 6.75. The Bertz CT molecular complexity index is 533. The fourth-order valence-corrected chi connectivity index (χ4v) is 3.90. The maximum Gasteiger partial charge on any atom is 0.274 e. The van der Waals surface area contributed by atoms with Gasteiger partial charge in [0.2, 0.25) is 0 Å². The van der Waals surface area contributed by atoms with E-state index in [4.69, 9.17) is 4.74 Å². The molecular formula is C16H25N3O2. The highest BCUT2D eigenvalue weighted by molar-refractivity contribution is 5.92. The zero-order valence-corrected chi connectivity index (χ0v) is 13.4. The molecule has 5 heteroatoms. The van der Waals surface area contributed by atoms with Gasteiger partial charge in [0.25, 0.3) is 5.91 Å². The van der Waals surface area contributed by atoms with Crippen LogP contribution in [0.4, 0.5) is 0 Å². The van der Waals surface area contributed by atoms with Crippen LogP contribution in [0.2, 0.25) is 0 Å². The largest absolute Gasteiger partial charge is 0.381 e. The number of nitrogens with zero attached hydrogens (tertiary/aromatic N) is 3. The van der Waals surface area contributed by atoms with E-state index >= 15 is 0 Å². The molecule has 3 rings (SSSR count). The minimum atomic E-state index is 0.0280. The number of carbonyl (C=O) groups is 1. The van der Waals surface area contributed by atoms with Crippen molar-refractivity contribution in [2.24, 2.45) is 5.41 Å². The summed E-state index contributed by atoms with van der Waals surface area (Å²) in [5, 5.41) is 4.40. The van der Waals surface area contributed by atoms with Gasteiger partial charge in [-0.1, -0.05) is 6.42 Å². The quantitative estimate of drug-likeness (QED) is 0.856. The van der Waals surface area contributed by atoms with Gasteiger partial charge >= 0.3 is 0 Å². The molecule has 116 valence electrons. The van der Waals surface area contributed by atoms with Crippen molar-refractivity contribution in [2.75, 3.05) is 14.2 Å². The van der Waals surface area contributed by atoms with E-state index in [9.17, 15) is 4.79 Å². The van der Waals surface area contributed by atoms with Gasteiger partial charge in [-0.2, -0.15) is 5.10 Å². The van der Waals surface area contributed by atoms with Crippen molar-refractivity contribution in [1.82, 2.24) is 14.7 Å². The van der Waals surface area contributed by atoms with E-state index in [0.29, 0.717) is 17.8 Å². The van der Waals surface area contributed by atoms with Gasteiger partial charge in [-0.05, 0) is 39.2 Å². The predicted octanol–water partition coefficient (Wildman–Crippen LogP) is 2.49. The van der Waals surface area contributed by atoms with Crippen LogP contribution in [0.15, 0.2) is 12.3 Å².